The molecular formula is C10H13F2N3O. The number of nitrogens with one attached hydrogen (secondary N) is 2. The Hall–Kier alpha value is -1.53. The van der Waals surface area contributed by atoms with Crippen LogP contribution in [0.25, 0.3) is 0 Å². The largest absolute Gasteiger partial charge is 0.323 e. The van der Waals surface area contributed by atoms with Gasteiger partial charge < -0.3 is 5.73 Å². The Labute approximate surface area is 91.8 Å². The number of hydrogen-bond acceptors (Lipinski definition) is 3. The zero-order valence-electron chi connectivity index (χ0n) is 8.76. The number of amides is 1. The Bertz CT molecular complexity index is 384. The first-order valence-corrected chi connectivity index (χ1v) is 4.70. The van der Waals surface area contributed by atoms with Crippen molar-refractivity contribution in [1.82, 2.24) is 10.9 Å². The first kappa shape index (κ1) is 12.5. The number of hydrazine groups is 1. The minimum Gasteiger partial charge on any atom is -0.323 e. The summed E-state index contributed by atoms with van der Waals surface area (Å²) in [6.07, 6.45) is -0.0800. The fourth-order valence-electron chi connectivity index (χ4n) is 1.30. The van der Waals surface area contributed by atoms with E-state index in [0.717, 1.165) is 12.1 Å². The molecule has 0 aliphatic heterocycles. The van der Waals surface area contributed by atoms with Crippen LogP contribution in [-0.4, -0.2) is 13.0 Å². The van der Waals surface area contributed by atoms with Gasteiger partial charge >= 0.3 is 0 Å². The highest BCUT2D eigenvalue weighted by Crippen LogP contribution is 2.18. The van der Waals surface area contributed by atoms with Crippen LogP contribution in [0.1, 0.15) is 18.0 Å². The predicted molar refractivity (Wildman–Crippen MR) is 55.1 cm³/mol. The van der Waals surface area contributed by atoms with E-state index in [0.29, 0.717) is 0 Å². The normalized spacial score (nSPS) is 12.2. The first-order chi connectivity index (χ1) is 7.54. The van der Waals surface area contributed by atoms with Crippen LogP contribution in [0.3, 0.4) is 0 Å². The summed E-state index contributed by atoms with van der Waals surface area (Å²) in [5, 5.41) is 0. The molecule has 0 aliphatic rings. The summed E-state index contributed by atoms with van der Waals surface area (Å²) in [6, 6.07) is 2.29. The smallest absolute Gasteiger partial charge is 0.235 e. The number of carbonyl (C=O) groups excluding carboxylic acids is 1. The molecule has 4 N–H and O–H groups in total. The number of benzene rings is 1. The molecule has 0 aromatic heterocycles. The van der Waals surface area contributed by atoms with Crippen molar-refractivity contribution in [3.05, 3.63) is 35.4 Å². The van der Waals surface area contributed by atoms with Crippen LogP contribution in [0, 0.1) is 11.6 Å². The average molecular weight is 229 g/mol. The molecule has 1 aromatic carbocycles. The summed E-state index contributed by atoms with van der Waals surface area (Å²) in [6.45, 7) is 0. The third kappa shape index (κ3) is 3.25. The van der Waals surface area contributed by atoms with Crippen molar-refractivity contribution in [2.24, 2.45) is 5.73 Å². The van der Waals surface area contributed by atoms with Crippen molar-refractivity contribution in [2.45, 2.75) is 12.5 Å². The minimum atomic E-state index is -0.797. The van der Waals surface area contributed by atoms with E-state index in [4.69, 9.17) is 5.73 Å². The molecule has 0 spiro atoms. The van der Waals surface area contributed by atoms with Crippen LogP contribution in [0.2, 0.25) is 0 Å². The lowest BCUT2D eigenvalue weighted by Crippen LogP contribution is -2.36. The first-order valence-electron chi connectivity index (χ1n) is 4.70. The van der Waals surface area contributed by atoms with Gasteiger partial charge in [-0.05, 0) is 6.07 Å². The van der Waals surface area contributed by atoms with E-state index in [2.05, 4.69) is 10.9 Å². The van der Waals surface area contributed by atoms with E-state index in [1.54, 1.807) is 0 Å². The van der Waals surface area contributed by atoms with Gasteiger partial charge in [0.05, 0.1) is 0 Å². The Kier molecular flexibility index (Phi) is 4.33. The minimum absolute atomic E-state index is 0.0800. The molecule has 0 saturated carbocycles. The van der Waals surface area contributed by atoms with Crippen LogP contribution < -0.4 is 16.6 Å². The highest BCUT2D eigenvalue weighted by Gasteiger charge is 2.15. The van der Waals surface area contributed by atoms with E-state index < -0.39 is 17.7 Å². The Morgan fingerprint density at radius 1 is 1.50 bits per heavy atom. The second-order valence-electron chi connectivity index (χ2n) is 3.27. The van der Waals surface area contributed by atoms with Gasteiger partial charge in [-0.3, -0.25) is 10.2 Å². The van der Waals surface area contributed by atoms with Gasteiger partial charge in [0.2, 0.25) is 5.91 Å². The van der Waals surface area contributed by atoms with Gasteiger partial charge in [-0.2, -0.15) is 0 Å². The molecule has 0 bridgehead atoms. The van der Waals surface area contributed by atoms with Crippen LogP contribution in [0.15, 0.2) is 18.2 Å². The monoisotopic (exact) mass is 229 g/mol. The maximum Gasteiger partial charge on any atom is 0.235 e. The summed E-state index contributed by atoms with van der Waals surface area (Å²) >= 11 is 0. The number of hydrogen-bond donors (Lipinski definition) is 3. The molecule has 0 radical (unpaired) electrons. The predicted octanol–water partition coefficient (Wildman–Crippen LogP) is 0.605. The van der Waals surface area contributed by atoms with Crippen LogP contribution in [0.5, 0.6) is 0 Å². The molecule has 0 aliphatic carbocycles. The van der Waals surface area contributed by atoms with Crippen LogP contribution in [-0.2, 0) is 4.79 Å². The number of carbonyl (C=O) groups is 1. The topological polar surface area (TPSA) is 67.1 Å². The molecule has 16 heavy (non-hydrogen) atoms. The van der Waals surface area contributed by atoms with Gasteiger partial charge in [0, 0.05) is 31.1 Å². The third-order valence-electron chi connectivity index (χ3n) is 2.03. The highest BCUT2D eigenvalue weighted by molar-refractivity contribution is 5.76. The summed E-state index contributed by atoms with van der Waals surface area (Å²) in [4.78, 5) is 11.2. The third-order valence-corrected chi connectivity index (χ3v) is 2.03. The Morgan fingerprint density at radius 3 is 2.75 bits per heavy atom. The quantitative estimate of drug-likeness (QED) is 0.662. The zero-order valence-corrected chi connectivity index (χ0v) is 8.76. The van der Waals surface area contributed by atoms with Gasteiger partial charge in [0.1, 0.15) is 11.6 Å². The van der Waals surface area contributed by atoms with Gasteiger partial charge in [0.15, 0.2) is 0 Å². The molecule has 1 aromatic rings. The lowest BCUT2D eigenvalue weighted by Gasteiger charge is -2.12. The maximum atomic E-state index is 13.3. The van der Waals surface area contributed by atoms with E-state index in [1.165, 1.54) is 13.1 Å². The summed E-state index contributed by atoms with van der Waals surface area (Å²) in [5.74, 6) is -1.78. The SMILES string of the molecule is CNNC(=O)CC(N)c1ccc(F)cc1F. The number of nitrogens with two attached hydrogens (primary N) is 1. The van der Waals surface area contributed by atoms with Crippen molar-refractivity contribution in [2.75, 3.05) is 7.05 Å². The molecule has 1 atom stereocenters. The molecule has 88 valence electrons. The van der Waals surface area contributed by atoms with E-state index in [1.807, 2.05) is 0 Å². The van der Waals surface area contributed by atoms with Gasteiger partial charge in [-0.1, -0.05) is 6.07 Å². The molecular weight excluding hydrogens is 216 g/mol. The second-order valence-corrected chi connectivity index (χ2v) is 3.27. The average Bonchev–Trinajstić information content (AvgIpc) is 2.17. The fourth-order valence-corrected chi connectivity index (χ4v) is 1.30. The standard InChI is InChI=1S/C10H13F2N3O/c1-14-15-10(16)5-9(13)7-3-2-6(11)4-8(7)12/h2-4,9,14H,5,13H2,1H3,(H,15,16). The van der Waals surface area contributed by atoms with Crippen LogP contribution >= 0.6 is 0 Å². The lowest BCUT2D eigenvalue weighted by molar-refractivity contribution is -0.122. The number of rotatable bonds is 4. The molecule has 1 amide bonds. The van der Waals surface area contributed by atoms with Crippen molar-refractivity contribution in [1.29, 1.82) is 0 Å². The van der Waals surface area contributed by atoms with E-state index in [-0.39, 0.29) is 17.9 Å². The summed E-state index contributed by atoms with van der Waals surface area (Å²) < 4.78 is 25.9. The Balaban J connectivity index is 2.72. The molecule has 1 rings (SSSR count). The molecule has 0 fully saturated rings. The summed E-state index contributed by atoms with van der Waals surface area (Å²) in [5.41, 5.74) is 10.5. The van der Waals surface area contributed by atoms with E-state index in [9.17, 15) is 13.6 Å². The van der Waals surface area contributed by atoms with Crippen molar-refractivity contribution in [3.63, 3.8) is 0 Å². The van der Waals surface area contributed by atoms with Gasteiger partial charge in [-0.25, -0.2) is 14.2 Å². The zero-order chi connectivity index (χ0) is 12.1. The second kappa shape index (κ2) is 5.53. The molecule has 6 heteroatoms. The maximum absolute atomic E-state index is 13.3. The molecule has 0 saturated heterocycles. The van der Waals surface area contributed by atoms with Gasteiger partial charge in [-0.15, -0.1) is 0 Å². The van der Waals surface area contributed by atoms with Gasteiger partial charge in [0.25, 0.3) is 0 Å². The van der Waals surface area contributed by atoms with Crippen molar-refractivity contribution >= 4 is 5.91 Å². The lowest BCUT2D eigenvalue weighted by atomic mass is 10.0. The Morgan fingerprint density at radius 2 is 2.19 bits per heavy atom. The fraction of sp³-hybridized carbons (Fsp3) is 0.300. The molecule has 4 nitrogen and oxygen atoms in total. The van der Waals surface area contributed by atoms with Crippen LogP contribution in [0.4, 0.5) is 8.78 Å². The molecule has 0 heterocycles. The highest BCUT2D eigenvalue weighted by atomic mass is 19.1. The summed E-state index contributed by atoms with van der Waals surface area (Å²) in [7, 11) is 1.53. The van der Waals surface area contributed by atoms with Crippen molar-refractivity contribution in [3.8, 4) is 0 Å². The van der Waals surface area contributed by atoms with Crippen molar-refractivity contribution < 1.29 is 13.6 Å². The molecule has 1 unspecified atom stereocenters. The van der Waals surface area contributed by atoms with E-state index >= 15 is 0 Å². The number of halogens is 2.